The van der Waals surface area contributed by atoms with Crippen LogP contribution in [-0.2, 0) is 18.3 Å². The molecule has 0 amide bonds. The van der Waals surface area contributed by atoms with Crippen LogP contribution in [0.2, 0.25) is 0 Å². The molecule has 2 heteroatoms. The SMILES string of the molecule is Cn1c2c(c3ccccc31)[C@@H](c1ccccc1)[C@H](C=O)[C@H](c1ccccc1)C2. The monoisotopic (exact) mass is 365 g/mol. The van der Waals surface area contributed by atoms with Gasteiger partial charge in [-0.05, 0) is 35.1 Å². The second-order valence-electron chi connectivity index (χ2n) is 7.76. The molecule has 1 aromatic heterocycles. The molecular weight excluding hydrogens is 342 g/mol. The summed E-state index contributed by atoms with van der Waals surface area (Å²) >= 11 is 0. The molecule has 28 heavy (non-hydrogen) atoms. The van der Waals surface area contributed by atoms with Crippen LogP contribution < -0.4 is 0 Å². The predicted octanol–water partition coefficient (Wildman–Crippen LogP) is 5.47. The Bertz CT molecular complexity index is 1130. The van der Waals surface area contributed by atoms with Crippen molar-refractivity contribution in [2.24, 2.45) is 13.0 Å². The van der Waals surface area contributed by atoms with Crippen molar-refractivity contribution < 1.29 is 4.79 Å². The predicted molar refractivity (Wildman–Crippen MR) is 114 cm³/mol. The highest BCUT2D eigenvalue weighted by molar-refractivity contribution is 5.88. The third kappa shape index (κ3) is 2.52. The first kappa shape index (κ1) is 17.0. The van der Waals surface area contributed by atoms with Gasteiger partial charge < -0.3 is 9.36 Å². The number of carbonyl (C=O) groups is 1. The molecule has 0 saturated carbocycles. The molecule has 0 unspecified atom stereocenters. The van der Waals surface area contributed by atoms with Crippen molar-refractivity contribution in [2.45, 2.75) is 18.3 Å². The molecule has 5 rings (SSSR count). The first-order chi connectivity index (χ1) is 13.8. The van der Waals surface area contributed by atoms with E-state index in [1.807, 2.05) is 12.1 Å². The van der Waals surface area contributed by atoms with Gasteiger partial charge in [0.2, 0.25) is 0 Å². The smallest absolute Gasteiger partial charge is 0.124 e. The van der Waals surface area contributed by atoms with Crippen LogP contribution in [-0.4, -0.2) is 10.9 Å². The first-order valence-electron chi connectivity index (χ1n) is 9.91. The third-order valence-electron chi connectivity index (χ3n) is 6.39. The van der Waals surface area contributed by atoms with Crippen molar-refractivity contribution in [1.82, 2.24) is 4.57 Å². The van der Waals surface area contributed by atoms with Gasteiger partial charge in [0.05, 0.1) is 0 Å². The van der Waals surface area contributed by atoms with Crippen LogP contribution in [0.1, 0.15) is 34.2 Å². The van der Waals surface area contributed by atoms with E-state index in [1.165, 1.54) is 39.6 Å². The Labute approximate surface area is 165 Å². The van der Waals surface area contributed by atoms with Gasteiger partial charge in [-0.3, -0.25) is 0 Å². The summed E-state index contributed by atoms with van der Waals surface area (Å²) in [5.74, 6) is 0.168. The Kier molecular flexibility index (Phi) is 4.12. The highest BCUT2D eigenvalue weighted by Gasteiger charge is 2.41. The summed E-state index contributed by atoms with van der Waals surface area (Å²) in [7, 11) is 2.16. The summed E-state index contributed by atoms with van der Waals surface area (Å²) in [5, 5.41) is 1.27. The van der Waals surface area contributed by atoms with Gasteiger partial charge in [-0.1, -0.05) is 78.9 Å². The van der Waals surface area contributed by atoms with E-state index in [0.717, 1.165) is 6.42 Å². The van der Waals surface area contributed by atoms with Crippen molar-refractivity contribution in [2.75, 3.05) is 0 Å². The average molecular weight is 365 g/mol. The lowest BCUT2D eigenvalue weighted by Crippen LogP contribution is -2.30. The van der Waals surface area contributed by atoms with Crippen LogP contribution in [0, 0.1) is 5.92 Å². The maximum absolute atomic E-state index is 12.5. The molecule has 138 valence electrons. The van der Waals surface area contributed by atoms with Crippen molar-refractivity contribution in [3.63, 3.8) is 0 Å². The number of hydrogen-bond donors (Lipinski definition) is 0. The van der Waals surface area contributed by atoms with E-state index < -0.39 is 0 Å². The van der Waals surface area contributed by atoms with Gasteiger partial charge in [0.25, 0.3) is 0 Å². The number of aldehydes is 1. The molecule has 1 heterocycles. The lowest BCUT2D eigenvalue weighted by Gasteiger charge is -2.36. The molecule has 1 aliphatic carbocycles. The first-order valence-corrected chi connectivity index (χ1v) is 9.91. The maximum Gasteiger partial charge on any atom is 0.124 e. The molecule has 3 aromatic carbocycles. The van der Waals surface area contributed by atoms with Crippen molar-refractivity contribution in [3.8, 4) is 0 Å². The lowest BCUT2D eigenvalue weighted by molar-refractivity contribution is -0.112. The highest BCUT2D eigenvalue weighted by atomic mass is 16.1. The largest absolute Gasteiger partial charge is 0.347 e. The summed E-state index contributed by atoms with van der Waals surface area (Å²) in [5.41, 5.74) is 6.39. The fourth-order valence-electron chi connectivity index (χ4n) is 5.10. The minimum Gasteiger partial charge on any atom is -0.347 e. The van der Waals surface area contributed by atoms with Gasteiger partial charge in [0.1, 0.15) is 6.29 Å². The van der Waals surface area contributed by atoms with E-state index in [-0.39, 0.29) is 17.8 Å². The molecule has 0 fully saturated rings. The number of carbonyl (C=O) groups excluding carboxylic acids is 1. The molecule has 1 aliphatic rings. The molecule has 0 spiro atoms. The number of aromatic nitrogens is 1. The molecule has 0 saturated heterocycles. The fourth-order valence-corrected chi connectivity index (χ4v) is 5.10. The number of para-hydroxylation sites is 1. The summed E-state index contributed by atoms with van der Waals surface area (Å²) in [6.45, 7) is 0. The highest BCUT2D eigenvalue weighted by Crippen LogP contribution is 2.49. The van der Waals surface area contributed by atoms with Crippen LogP contribution in [0.5, 0.6) is 0 Å². The van der Waals surface area contributed by atoms with Gasteiger partial charge >= 0.3 is 0 Å². The number of hydrogen-bond acceptors (Lipinski definition) is 1. The topological polar surface area (TPSA) is 22.0 Å². The van der Waals surface area contributed by atoms with E-state index in [1.54, 1.807) is 0 Å². The molecule has 0 N–H and O–H groups in total. The van der Waals surface area contributed by atoms with E-state index >= 15 is 0 Å². The normalized spacial score (nSPS) is 21.4. The van der Waals surface area contributed by atoms with E-state index in [0.29, 0.717) is 0 Å². The summed E-state index contributed by atoms with van der Waals surface area (Å²) < 4.78 is 2.33. The molecule has 3 atom stereocenters. The zero-order valence-electron chi connectivity index (χ0n) is 16.0. The Hall–Kier alpha value is -3.13. The minimum absolute atomic E-state index is 0.0683. The molecule has 0 aliphatic heterocycles. The van der Waals surface area contributed by atoms with Crippen LogP contribution in [0.4, 0.5) is 0 Å². The maximum atomic E-state index is 12.5. The molecule has 4 aromatic rings. The zero-order chi connectivity index (χ0) is 19.1. The quantitative estimate of drug-likeness (QED) is 0.442. The van der Waals surface area contributed by atoms with Crippen molar-refractivity contribution in [1.29, 1.82) is 0 Å². The minimum atomic E-state index is -0.0805. The Morgan fingerprint density at radius 3 is 2.11 bits per heavy atom. The second-order valence-corrected chi connectivity index (χ2v) is 7.76. The fraction of sp³-hybridized carbons (Fsp3) is 0.192. The summed E-state index contributed by atoms with van der Waals surface area (Å²) in [4.78, 5) is 12.5. The Morgan fingerprint density at radius 2 is 1.43 bits per heavy atom. The molecule has 0 radical (unpaired) electrons. The number of fused-ring (bicyclic) bond motifs is 3. The summed E-state index contributed by atoms with van der Waals surface area (Å²) in [6, 6.07) is 29.6. The van der Waals surface area contributed by atoms with Crippen LogP contribution in [0.25, 0.3) is 10.9 Å². The van der Waals surface area contributed by atoms with E-state index in [2.05, 4.69) is 84.4 Å². The molecule has 2 nitrogen and oxygen atoms in total. The summed E-state index contributed by atoms with van der Waals surface area (Å²) in [6.07, 6.45) is 2.08. The Morgan fingerprint density at radius 1 is 0.821 bits per heavy atom. The number of nitrogens with zero attached hydrogens (tertiary/aromatic N) is 1. The van der Waals surface area contributed by atoms with Crippen molar-refractivity contribution in [3.05, 3.63) is 107 Å². The van der Waals surface area contributed by atoms with Gasteiger partial charge in [-0.25, -0.2) is 0 Å². The lowest BCUT2D eigenvalue weighted by atomic mass is 9.66. The van der Waals surface area contributed by atoms with E-state index in [9.17, 15) is 4.79 Å². The van der Waals surface area contributed by atoms with Gasteiger partial charge in [0, 0.05) is 35.5 Å². The molecular formula is C26H23NO. The van der Waals surface area contributed by atoms with Crippen molar-refractivity contribution >= 4 is 17.2 Å². The van der Waals surface area contributed by atoms with Crippen LogP contribution in [0.15, 0.2) is 84.9 Å². The standard InChI is InChI=1S/C26H23NO/c1-27-23-15-9-8-14-20(23)26-24(27)16-21(18-10-4-2-5-11-18)22(17-28)25(26)19-12-6-3-7-13-19/h2-15,17,21-22,25H,16H2,1H3/t21-,22+,25-/m0/s1. The number of benzene rings is 3. The number of aryl methyl sites for hydroxylation is 1. The van der Waals surface area contributed by atoms with Crippen LogP contribution >= 0.6 is 0 Å². The van der Waals surface area contributed by atoms with Crippen LogP contribution in [0.3, 0.4) is 0 Å². The molecule has 0 bridgehead atoms. The second kappa shape index (κ2) is 6.79. The third-order valence-corrected chi connectivity index (χ3v) is 6.39. The Balaban J connectivity index is 1.80. The van der Waals surface area contributed by atoms with Gasteiger partial charge in [0.15, 0.2) is 0 Å². The zero-order valence-corrected chi connectivity index (χ0v) is 16.0. The van der Waals surface area contributed by atoms with E-state index in [4.69, 9.17) is 0 Å². The van der Waals surface area contributed by atoms with Gasteiger partial charge in [-0.2, -0.15) is 0 Å². The number of rotatable bonds is 3. The van der Waals surface area contributed by atoms with Gasteiger partial charge in [-0.15, -0.1) is 0 Å². The average Bonchev–Trinajstić information content (AvgIpc) is 3.06.